The van der Waals surface area contributed by atoms with E-state index in [4.69, 9.17) is 0 Å². The molecule has 2 N–H and O–H groups in total. The number of hydrogen-bond acceptors (Lipinski definition) is 4. The molecule has 5 nitrogen and oxygen atoms in total. The van der Waals surface area contributed by atoms with Crippen molar-refractivity contribution in [3.05, 3.63) is 68.2 Å². The van der Waals surface area contributed by atoms with E-state index in [1.165, 1.54) is 21.6 Å². The number of thiophene rings is 2. The lowest BCUT2D eigenvalue weighted by molar-refractivity contribution is -0.134. The summed E-state index contributed by atoms with van der Waals surface area (Å²) in [5, 5.41) is 5.20. The Kier molecular flexibility index (Phi) is 4.91. The van der Waals surface area contributed by atoms with Crippen molar-refractivity contribution < 1.29 is 22.8 Å². The molecule has 170 valence electrons. The van der Waals surface area contributed by atoms with Crippen LogP contribution in [0.25, 0.3) is 10.9 Å². The lowest BCUT2D eigenvalue weighted by Crippen LogP contribution is -2.35. The number of hydrogen-bond donors (Lipinski definition) is 2. The summed E-state index contributed by atoms with van der Waals surface area (Å²) in [7, 11) is 0. The molecule has 0 aliphatic carbocycles. The molecule has 0 atom stereocenters. The molecule has 0 bridgehead atoms. The summed E-state index contributed by atoms with van der Waals surface area (Å²) in [6.45, 7) is 3.55. The number of carbonyl (C=O) groups excluding carboxylic acids is 2. The van der Waals surface area contributed by atoms with Crippen LogP contribution in [0.15, 0.2) is 48.0 Å². The Hall–Kier alpha value is -3.11. The van der Waals surface area contributed by atoms with E-state index in [9.17, 15) is 22.8 Å². The Morgan fingerprint density at radius 1 is 1.21 bits per heavy atom. The zero-order chi connectivity index (χ0) is 23.5. The first-order chi connectivity index (χ1) is 15.6. The Morgan fingerprint density at radius 3 is 2.70 bits per heavy atom. The number of anilines is 2. The molecular weight excluding hydrogens is 471 g/mol. The summed E-state index contributed by atoms with van der Waals surface area (Å²) in [5.74, 6) is -0.510. The highest BCUT2D eigenvalue weighted by Crippen LogP contribution is 2.48. The number of benzene rings is 1. The normalized spacial score (nSPS) is 15.3. The van der Waals surface area contributed by atoms with Gasteiger partial charge in [-0.05, 0) is 43.0 Å². The first-order valence-electron chi connectivity index (χ1n) is 10.0. The van der Waals surface area contributed by atoms with Crippen molar-refractivity contribution in [3.8, 4) is 0 Å². The van der Waals surface area contributed by atoms with Crippen LogP contribution >= 0.6 is 22.7 Å². The first kappa shape index (κ1) is 21.7. The second kappa shape index (κ2) is 7.46. The van der Waals surface area contributed by atoms with E-state index in [2.05, 4.69) is 10.3 Å². The third-order valence-corrected chi connectivity index (χ3v) is 8.16. The number of rotatable bonds is 4. The molecule has 1 aliphatic heterocycles. The van der Waals surface area contributed by atoms with Crippen molar-refractivity contribution in [2.45, 2.75) is 32.0 Å². The maximum absolute atomic E-state index is 13.0. The van der Waals surface area contributed by atoms with Gasteiger partial charge in [-0.1, -0.05) is 18.2 Å². The van der Waals surface area contributed by atoms with Crippen LogP contribution in [0.5, 0.6) is 0 Å². The Labute approximate surface area is 194 Å². The molecule has 5 rings (SSSR count). The minimum Gasteiger partial charge on any atom is -0.359 e. The zero-order valence-electron chi connectivity index (χ0n) is 17.5. The van der Waals surface area contributed by atoms with Gasteiger partial charge in [-0.25, -0.2) is 0 Å². The van der Waals surface area contributed by atoms with E-state index < -0.39 is 16.5 Å². The smallest absolute Gasteiger partial charge is 0.359 e. The van der Waals surface area contributed by atoms with Gasteiger partial charge in [-0.2, -0.15) is 13.2 Å². The first-order valence-corrected chi connectivity index (χ1v) is 11.7. The highest BCUT2D eigenvalue weighted by molar-refractivity contribution is 7.15. The molecule has 3 aromatic heterocycles. The molecular formula is C23H18F3N3O2S2. The number of amides is 2. The molecule has 0 radical (unpaired) electrons. The summed E-state index contributed by atoms with van der Waals surface area (Å²) in [4.78, 5) is 31.1. The molecule has 10 heteroatoms. The fraction of sp³-hybridized carbons (Fsp3) is 0.217. The second-order valence-electron chi connectivity index (χ2n) is 8.36. The number of alkyl halides is 3. The van der Waals surface area contributed by atoms with Gasteiger partial charge in [0.25, 0.3) is 5.91 Å². The van der Waals surface area contributed by atoms with Crippen LogP contribution in [0.3, 0.4) is 0 Å². The lowest BCUT2D eigenvalue weighted by atomic mass is 9.93. The minimum atomic E-state index is -4.42. The molecule has 1 aromatic carbocycles. The van der Waals surface area contributed by atoms with E-state index in [1.807, 2.05) is 24.3 Å². The molecule has 0 fully saturated rings. The van der Waals surface area contributed by atoms with Crippen molar-refractivity contribution in [2.24, 2.45) is 0 Å². The average Bonchev–Trinajstić information content (AvgIpc) is 3.51. The van der Waals surface area contributed by atoms with Gasteiger partial charge in [0, 0.05) is 22.0 Å². The van der Waals surface area contributed by atoms with Crippen LogP contribution in [-0.2, 0) is 22.9 Å². The van der Waals surface area contributed by atoms with E-state index in [-0.39, 0.29) is 18.4 Å². The number of H-pyrrole nitrogens is 1. The van der Waals surface area contributed by atoms with Gasteiger partial charge in [0.05, 0.1) is 28.2 Å². The molecule has 4 heterocycles. The lowest BCUT2D eigenvalue weighted by Gasteiger charge is -2.20. The van der Waals surface area contributed by atoms with Crippen LogP contribution in [0, 0.1) is 0 Å². The van der Waals surface area contributed by atoms with Crippen LogP contribution < -0.4 is 10.2 Å². The van der Waals surface area contributed by atoms with Crippen molar-refractivity contribution in [2.75, 3.05) is 10.2 Å². The number of para-hydroxylation sites is 1. The van der Waals surface area contributed by atoms with Gasteiger partial charge in [-0.3, -0.25) is 9.59 Å². The third kappa shape index (κ3) is 3.63. The quantitative estimate of drug-likeness (QED) is 0.349. The van der Waals surface area contributed by atoms with Crippen LogP contribution in [0.2, 0.25) is 0 Å². The van der Waals surface area contributed by atoms with E-state index >= 15 is 0 Å². The Balaban J connectivity index is 1.43. The van der Waals surface area contributed by atoms with Crippen LogP contribution in [0.1, 0.15) is 38.8 Å². The van der Waals surface area contributed by atoms with Crippen molar-refractivity contribution in [3.63, 3.8) is 0 Å². The topological polar surface area (TPSA) is 65.2 Å². The number of nitrogens with one attached hydrogen (secondary N) is 2. The Bertz CT molecular complexity index is 1400. The fourth-order valence-corrected chi connectivity index (χ4v) is 5.92. The Morgan fingerprint density at radius 2 is 1.97 bits per heavy atom. The second-order valence-corrected chi connectivity index (χ2v) is 10.3. The predicted molar refractivity (Wildman–Crippen MR) is 124 cm³/mol. The van der Waals surface area contributed by atoms with E-state index in [0.29, 0.717) is 33.2 Å². The van der Waals surface area contributed by atoms with E-state index in [0.717, 1.165) is 21.8 Å². The highest BCUT2D eigenvalue weighted by Gasteiger charge is 2.46. The van der Waals surface area contributed by atoms with Gasteiger partial charge < -0.3 is 15.2 Å². The minimum absolute atomic E-state index is 0.0160. The SMILES string of the molecule is CC1(C)C(=O)N(Cc2csc(C(F)(F)F)c2)c2cc(C(=O)Nc3c[nH]c4ccccc34)sc21. The van der Waals surface area contributed by atoms with Crippen molar-refractivity contribution in [1.82, 2.24) is 4.98 Å². The average molecular weight is 490 g/mol. The molecule has 1 aliphatic rings. The maximum atomic E-state index is 13.0. The summed E-state index contributed by atoms with van der Waals surface area (Å²) in [5.41, 5.74) is 1.64. The molecule has 0 spiro atoms. The molecule has 0 saturated carbocycles. The van der Waals surface area contributed by atoms with Gasteiger partial charge in [-0.15, -0.1) is 22.7 Å². The monoisotopic (exact) mass is 489 g/mol. The molecule has 2 amide bonds. The molecule has 4 aromatic rings. The number of fused-ring (bicyclic) bond motifs is 2. The molecule has 33 heavy (non-hydrogen) atoms. The number of halogens is 3. The van der Waals surface area contributed by atoms with Gasteiger partial charge in [0.15, 0.2) is 0 Å². The highest BCUT2D eigenvalue weighted by atomic mass is 32.1. The molecule has 0 saturated heterocycles. The largest absolute Gasteiger partial charge is 0.425 e. The van der Waals surface area contributed by atoms with Gasteiger partial charge >= 0.3 is 6.18 Å². The zero-order valence-corrected chi connectivity index (χ0v) is 19.2. The third-order valence-electron chi connectivity index (χ3n) is 5.69. The predicted octanol–water partition coefficient (Wildman–Crippen LogP) is 6.39. The van der Waals surface area contributed by atoms with Crippen molar-refractivity contribution >= 4 is 56.8 Å². The number of nitrogens with zero attached hydrogens (tertiary/aromatic N) is 1. The summed E-state index contributed by atoms with van der Waals surface area (Å²) in [6, 6.07) is 10.3. The van der Waals surface area contributed by atoms with Crippen LogP contribution in [-0.4, -0.2) is 16.8 Å². The van der Waals surface area contributed by atoms with Gasteiger partial charge in [0.1, 0.15) is 4.88 Å². The number of aromatic nitrogens is 1. The maximum Gasteiger partial charge on any atom is 0.425 e. The van der Waals surface area contributed by atoms with Gasteiger partial charge in [0.2, 0.25) is 5.91 Å². The van der Waals surface area contributed by atoms with Crippen LogP contribution in [0.4, 0.5) is 24.5 Å². The van der Waals surface area contributed by atoms with Crippen molar-refractivity contribution in [1.29, 1.82) is 0 Å². The summed E-state index contributed by atoms with van der Waals surface area (Å²) < 4.78 is 39.0. The number of aromatic amines is 1. The summed E-state index contributed by atoms with van der Waals surface area (Å²) in [6.07, 6.45) is -2.70. The van der Waals surface area contributed by atoms with E-state index in [1.54, 1.807) is 26.1 Å². The standard InChI is InChI=1S/C23H18F3N3O2S2/c1-22(2)19-16(29(21(22)31)10-12-7-18(32-11-12)23(24,25)26)8-17(33-19)20(30)28-15-9-27-14-6-4-3-5-13(14)15/h3-9,11,27H,10H2,1-2H3,(H,28,30). The molecule has 0 unspecified atom stereocenters. The summed E-state index contributed by atoms with van der Waals surface area (Å²) >= 11 is 1.84. The number of carbonyl (C=O) groups is 2. The fourth-order valence-electron chi connectivity index (χ4n) is 3.99.